The Hall–Kier alpha value is -3.50. The van der Waals surface area contributed by atoms with E-state index >= 15 is 0 Å². The van der Waals surface area contributed by atoms with Gasteiger partial charge >= 0.3 is 0 Å². The zero-order valence-corrected chi connectivity index (χ0v) is 17.0. The highest BCUT2D eigenvalue weighted by atomic mass is 32.2. The summed E-state index contributed by atoms with van der Waals surface area (Å²) in [5.41, 5.74) is 1.72. The summed E-state index contributed by atoms with van der Waals surface area (Å²) in [5, 5.41) is 16.2. The number of aromatic amines is 1. The number of rotatable bonds is 6. The van der Waals surface area contributed by atoms with E-state index in [1.54, 1.807) is 6.07 Å². The number of fused-ring (bicyclic) bond motifs is 1. The Kier molecular flexibility index (Phi) is 5.59. The molecule has 0 radical (unpaired) electrons. The topological polar surface area (TPSA) is 118 Å². The van der Waals surface area contributed by atoms with E-state index in [2.05, 4.69) is 15.3 Å². The lowest BCUT2D eigenvalue weighted by atomic mass is 10.1. The highest BCUT2D eigenvalue weighted by Gasteiger charge is 2.14. The number of hydrogen-bond donors (Lipinski definition) is 2. The van der Waals surface area contributed by atoms with Crippen molar-refractivity contribution in [1.82, 2.24) is 9.97 Å². The molecule has 0 unspecified atom stereocenters. The Balaban J connectivity index is 1.48. The molecule has 10 heteroatoms. The smallest absolute Gasteiger partial charge is 0.271 e. The molecule has 0 aliphatic carbocycles. The second-order valence-electron chi connectivity index (χ2n) is 6.21. The maximum atomic E-state index is 12.6. The van der Waals surface area contributed by atoms with Crippen LogP contribution in [0.25, 0.3) is 21.3 Å². The predicted octanol–water partition coefficient (Wildman–Crippen LogP) is 4.29. The number of carbonyl (C=O) groups is 1. The third-order valence-electron chi connectivity index (χ3n) is 4.19. The number of nitrogens with zero attached hydrogens (tertiary/aromatic N) is 2. The second-order valence-corrected chi connectivity index (χ2v) is 8.03. The molecule has 150 valence electrons. The average molecular weight is 438 g/mol. The normalized spacial score (nSPS) is 10.8. The van der Waals surface area contributed by atoms with E-state index in [-0.39, 0.29) is 22.9 Å². The van der Waals surface area contributed by atoms with Gasteiger partial charge < -0.3 is 10.3 Å². The summed E-state index contributed by atoms with van der Waals surface area (Å²) in [6.07, 6.45) is 0. The number of nitrogens with one attached hydrogen (secondary N) is 2. The standard InChI is InChI=1S/C20H14N4O4S2/c25-16(21-13-7-4-8-14(9-13)24(27)28)11-30-20-22-18(26)17-15(10-29-19(17)23-20)12-5-2-1-3-6-12/h1-10H,11H2,(H,21,25)(H,22,23,26). The quantitative estimate of drug-likeness (QED) is 0.201. The van der Waals surface area contributed by atoms with Crippen LogP contribution in [0, 0.1) is 10.1 Å². The van der Waals surface area contributed by atoms with Crippen LogP contribution in [-0.2, 0) is 4.79 Å². The summed E-state index contributed by atoms with van der Waals surface area (Å²) in [5.74, 6) is -0.368. The molecular formula is C20H14N4O4S2. The van der Waals surface area contributed by atoms with Crippen LogP contribution in [0.5, 0.6) is 0 Å². The highest BCUT2D eigenvalue weighted by Crippen LogP contribution is 2.31. The molecule has 1 amide bonds. The van der Waals surface area contributed by atoms with Gasteiger partial charge in [-0.15, -0.1) is 11.3 Å². The van der Waals surface area contributed by atoms with Crippen molar-refractivity contribution in [2.24, 2.45) is 0 Å². The van der Waals surface area contributed by atoms with Crippen molar-refractivity contribution in [3.05, 3.63) is 80.4 Å². The summed E-state index contributed by atoms with van der Waals surface area (Å²) in [6.45, 7) is 0. The SMILES string of the molecule is O=C(CSc1nc2scc(-c3ccccc3)c2c(=O)[nH]1)Nc1cccc([N+](=O)[O-])c1. The lowest BCUT2D eigenvalue weighted by molar-refractivity contribution is -0.384. The Morgan fingerprint density at radius 2 is 2.00 bits per heavy atom. The fourth-order valence-electron chi connectivity index (χ4n) is 2.86. The Bertz CT molecular complexity index is 1300. The van der Waals surface area contributed by atoms with Gasteiger partial charge in [0.1, 0.15) is 4.83 Å². The van der Waals surface area contributed by atoms with Crippen LogP contribution >= 0.6 is 23.1 Å². The van der Waals surface area contributed by atoms with E-state index in [9.17, 15) is 19.7 Å². The number of carbonyl (C=O) groups excluding carboxylic acids is 1. The fourth-order valence-corrected chi connectivity index (χ4v) is 4.52. The van der Waals surface area contributed by atoms with Crippen LogP contribution in [0.2, 0.25) is 0 Å². The van der Waals surface area contributed by atoms with E-state index in [4.69, 9.17) is 0 Å². The minimum atomic E-state index is -0.529. The maximum Gasteiger partial charge on any atom is 0.271 e. The van der Waals surface area contributed by atoms with Crippen LogP contribution < -0.4 is 10.9 Å². The third-order valence-corrected chi connectivity index (χ3v) is 5.93. The number of benzene rings is 2. The van der Waals surface area contributed by atoms with Gasteiger partial charge in [0.15, 0.2) is 5.16 Å². The predicted molar refractivity (Wildman–Crippen MR) is 118 cm³/mol. The molecule has 8 nitrogen and oxygen atoms in total. The molecule has 2 aromatic carbocycles. The van der Waals surface area contributed by atoms with Gasteiger partial charge in [-0.05, 0) is 11.6 Å². The summed E-state index contributed by atoms with van der Waals surface area (Å²) in [7, 11) is 0. The minimum absolute atomic E-state index is 0.00590. The lowest BCUT2D eigenvalue weighted by Crippen LogP contribution is -2.15. The Labute approximate surface area is 178 Å². The van der Waals surface area contributed by atoms with Crippen LogP contribution in [-0.4, -0.2) is 26.6 Å². The van der Waals surface area contributed by atoms with Gasteiger partial charge in [-0.25, -0.2) is 4.98 Å². The number of amides is 1. The van der Waals surface area contributed by atoms with E-state index in [0.717, 1.165) is 22.9 Å². The first-order valence-corrected chi connectivity index (χ1v) is 10.6. The average Bonchev–Trinajstić information content (AvgIpc) is 3.18. The molecule has 4 rings (SSSR count). The number of non-ortho nitro benzene ring substituents is 1. The summed E-state index contributed by atoms with van der Waals surface area (Å²) < 4.78 is 0. The van der Waals surface area contributed by atoms with Gasteiger partial charge in [0.05, 0.1) is 16.1 Å². The van der Waals surface area contributed by atoms with Gasteiger partial charge in [0.2, 0.25) is 5.91 Å². The van der Waals surface area contributed by atoms with Crippen molar-refractivity contribution in [1.29, 1.82) is 0 Å². The van der Waals surface area contributed by atoms with Gasteiger partial charge in [0.25, 0.3) is 11.2 Å². The molecular weight excluding hydrogens is 424 g/mol. The number of anilines is 1. The van der Waals surface area contributed by atoms with E-state index < -0.39 is 4.92 Å². The number of hydrogen-bond acceptors (Lipinski definition) is 7. The van der Waals surface area contributed by atoms with Crippen molar-refractivity contribution in [3.8, 4) is 11.1 Å². The first-order chi connectivity index (χ1) is 14.5. The molecule has 0 saturated heterocycles. The van der Waals surface area contributed by atoms with Crippen molar-refractivity contribution in [2.75, 3.05) is 11.1 Å². The minimum Gasteiger partial charge on any atom is -0.325 e. The molecule has 4 aromatic rings. The lowest BCUT2D eigenvalue weighted by Gasteiger charge is -2.05. The van der Waals surface area contributed by atoms with Crippen LogP contribution in [0.4, 0.5) is 11.4 Å². The molecule has 0 aliphatic heterocycles. The number of thiophene rings is 1. The second kappa shape index (κ2) is 8.47. The summed E-state index contributed by atoms with van der Waals surface area (Å²) >= 11 is 2.46. The fraction of sp³-hybridized carbons (Fsp3) is 0.0500. The molecule has 0 atom stereocenters. The van der Waals surface area contributed by atoms with Crippen molar-refractivity contribution < 1.29 is 9.72 Å². The Morgan fingerprint density at radius 3 is 2.77 bits per heavy atom. The zero-order valence-electron chi connectivity index (χ0n) is 15.3. The third kappa shape index (κ3) is 4.24. The number of nitro benzene ring substituents is 1. The molecule has 0 fully saturated rings. The molecule has 2 heterocycles. The highest BCUT2D eigenvalue weighted by molar-refractivity contribution is 7.99. The van der Waals surface area contributed by atoms with Crippen molar-refractivity contribution in [3.63, 3.8) is 0 Å². The van der Waals surface area contributed by atoms with Crippen molar-refractivity contribution in [2.45, 2.75) is 5.16 Å². The van der Waals surface area contributed by atoms with Crippen LogP contribution in [0.15, 0.2) is 69.9 Å². The first kappa shape index (κ1) is 19.8. The van der Waals surface area contributed by atoms with Crippen molar-refractivity contribution >= 4 is 50.6 Å². The maximum absolute atomic E-state index is 12.6. The van der Waals surface area contributed by atoms with Gasteiger partial charge in [-0.1, -0.05) is 48.2 Å². The zero-order chi connectivity index (χ0) is 21.1. The van der Waals surface area contributed by atoms with E-state index in [1.807, 2.05) is 35.7 Å². The van der Waals surface area contributed by atoms with Crippen LogP contribution in [0.1, 0.15) is 0 Å². The molecule has 30 heavy (non-hydrogen) atoms. The number of thioether (sulfide) groups is 1. The monoisotopic (exact) mass is 438 g/mol. The van der Waals surface area contributed by atoms with Gasteiger partial charge in [-0.2, -0.15) is 0 Å². The molecule has 2 N–H and O–H groups in total. The first-order valence-electron chi connectivity index (χ1n) is 8.75. The number of H-pyrrole nitrogens is 1. The van der Waals surface area contributed by atoms with E-state index in [0.29, 0.717) is 21.1 Å². The Morgan fingerprint density at radius 1 is 1.20 bits per heavy atom. The largest absolute Gasteiger partial charge is 0.325 e. The molecule has 0 aliphatic rings. The van der Waals surface area contributed by atoms with Crippen LogP contribution in [0.3, 0.4) is 0 Å². The number of nitro groups is 1. The number of aromatic nitrogens is 2. The van der Waals surface area contributed by atoms with E-state index in [1.165, 1.54) is 29.5 Å². The molecule has 0 spiro atoms. The molecule has 2 aromatic heterocycles. The molecule has 0 saturated carbocycles. The summed E-state index contributed by atoms with van der Waals surface area (Å²) in [4.78, 5) is 42.9. The summed E-state index contributed by atoms with van der Waals surface area (Å²) in [6, 6.07) is 15.3. The van der Waals surface area contributed by atoms with Gasteiger partial charge in [-0.3, -0.25) is 19.7 Å². The molecule has 0 bridgehead atoms. The van der Waals surface area contributed by atoms with Gasteiger partial charge in [0, 0.05) is 28.8 Å².